The van der Waals surface area contributed by atoms with Crippen molar-refractivity contribution < 1.29 is 23.8 Å². The highest BCUT2D eigenvalue weighted by Crippen LogP contribution is 2.33. The lowest BCUT2D eigenvalue weighted by molar-refractivity contribution is -0.117. The Labute approximate surface area is 156 Å². The molecule has 0 spiro atoms. The topological polar surface area (TPSA) is 85.9 Å². The largest absolute Gasteiger partial charge is 0.496 e. The van der Waals surface area contributed by atoms with Gasteiger partial charge in [-0.05, 0) is 42.8 Å². The number of carbonyl (C=O) groups is 2. The molecule has 0 fully saturated rings. The van der Waals surface area contributed by atoms with Crippen LogP contribution < -0.4 is 24.8 Å². The number of methoxy groups -OCH3 is 1. The number of amides is 2. The molecule has 0 atom stereocenters. The number of hydrogen-bond acceptors (Lipinski definition) is 5. The molecule has 0 aromatic heterocycles. The zero-order valence-electron chi connectivity index (χ0n) is 15.1. The van der Waals surface area contributed by atoms with Crippen LogP contribution in [0.5, 0.6) is 17.2 Å². The summed E-state index contributed by atoms with van der Waals surface area (Å²) in [5.74, 6) is 0.831. The van der Waals surface area contributed by atoms with Crippen molar-refractivity contribution in [3.8, 4) is 17.2 Å². The molecule has 0 aliphatic carbocycles. The van der Waals surface area contributed by atoms with Crippen LogP contribution in [-0.4, -0.2) is 32.3 Å². The number of fused-ring (bicyclic) bond motifs is 1. The molecule has 140 valence electrons. The van der Waals surface area contributed by atoms with Crippen molar-refractivity contribution in [1.29, 1.82) is 0 Å². The number of likely N-dealkylation sites (N-methyl/N-ethyl adjacent to an activating group) is 1. The minimum atomic E-state index is -0.439. The van der Waals surface area contributed by atoms with Gasteiger partial charge in [0, 0.05) is 6.54 Å². The van der Waals surface area contributed by atoms with Crippen molar-refractivity contribution in [2.24, 2.45) is 0 Å². The lowest BCUT2D eigenvalue weighted by atomic mass is 10.1. The van der Waals surface area contributed by atoms with Crippen molar-refractivity contribution in [3.05, 3.63) is 59.3 Å². The van der Waals surface area contributed by atoms with Crippen LogP contribution in [0, 0.1) is 0 Å². The maximum atomic E-state index is 12.7. The van der Waals surface area contributed by atoms with E-state index >= 15 is 0 Å². The first-order valence-electron chi connectivity index (χ1n) is 8.46. The van der Waals surface area contributed by atoms with E-state index in [-0.39, 0.29) is 12.5 Å². The fraction of sp³-hybridized carbons (Fsp3) is 0.200. The summed E-state index contributed by atoms with van der Waals surface area (Å²) < 4.78 is 15.9. The first-order chi connectivity index (χ1) is 13.1. The van der Waals surface area contributed by atoms with E-state index in [9.17, 15) is 9.59 Å². The molecule has 0 unspecified atom stereocenters. The number of nitrogens with one attached hydrogen (secondary N) is 2. The van der Waals surface area contributed by atoms with Gasteiger partial charge < -0.3 is 24.8 Å². The molecule has 2 amide bonds. The second-order valence-electron chi connectivity index (χ2n) is 5.68. The van der Waals surface area contributed by atoms with Crippen LogP contribution in [0.1, 0.15) is 22.8 Å². The SMILES string of the molecule is CCNC(=O)/C(=C/c1ccc2c(c1)OCO2)NC(=O)c1ccccc1OC. The normalized spacial score (nSPS) is 12.4. The van der Waals surface area contributed by atoms with Gasteiger partial charge in [-0.2, -0.15) is 0 Å². The van der Waals surface area contributed by atoms with Crippen molar-refractivity contribution in [2.45, 2.75) is 6.92 Å². The lowest BCUT2D eigenvalue weighted by Gasteiger charge is -2.12. The number of carbonyl (C=O) groups excluding carboxylic acids is 2. The van der Waals surface area contributed by atoms with Crippen LogP contribution in [-0.2, 0) is 4.79 Å². The molecule has 0 saturated heterocycles. The molecule has 7 nitrogen and oxygen atoms in total. The van der Waals surface area contributed by atoms with Gasteiger partial charge in [-0.1, -0.05) is 18.2 Å². The fourth-order valence-electron chi connectivity index (χ4n) is 2.61. The fourth-order valence-corrected chi connectivity index (χ4v) is 2.61. The summed E-state index contributed by atoms with van der Waals surface area (Å²) in [6.07, 6.45) is 1.58. The van der Waals surface area contributed by atoms with E-state index in [0.29, 0.717) is 34.9 Å². The highest BCUT2D eigenvalue weighted by molar-refractivity contribution is 6.06. The summed E-state index contributed by atoms with van der Waals surface area (Å²) in [5.41, 5.74) is 1.15. The van der Waals surface area contributed by atoms with Crippen molar-refractivity contribution in [1.82, 2.24) is 10.6 Å². The lowest BCUT2D eigenvalue weighted by Crippen LogP contribution is -2.34. The number of hydrogen-bond donors (Lipinski definition) is 2. The maximum Gasteiger partial charge on any atom is 0.267 e. The minimum absolute atomic E-state index is 0.117. The molecule has 1 heterocycles. The summed E-state index contributed by atoms with van der Waals surface area (Å²) in [7, 11) is 1.49. The van der Waals surface area contributed by atoms with Crippen LogP contribution >= 0.6 is 0 Å². The Kier molecular flexibility index (Phi) is 5.61. The molecule has 0 radical (unpaired) electrons. The standard InChI is InChI=1S/C20H20N2O5/c1-3-21-20(24)15(10-13-8-9-17-18(11-13)27-12-26-17)22-19(23)14-6-4-5-7-16(14)25-2/h4-11H,3,12H2,1-2H3,(H,21,24)(H,22,23)/b15-10-. The Hall–Kier alpha value is -3.48. The maximum absolute atomic E-state index is 12.7. The van der Waals surface area contributed by atoms with Crippen molar-refractivity contribution in [3.63, 3.8) is 0 Å². The zero-order chi connectivity index (χ0) is 19.2. The van der Waals surface area contributed by atoms with Gasteiger partial charge in [-0.25, -0.2) is 0 Å². The summed E-state index contributed by atoms with van der Waals surface area (Å²) in [4.78, 5) is 25.1. The quantitative estimate of drug-likeness (QED) is 0.765. The summed E-state index contributed by atoms with van der Waals surface area (Å²) in [6, 6.07) is 12.1. The highest BCUT2D eigenvalue weighted by Gasteiger charge is 2.18. The average Bonchev–Trinajstić information content (AvgIpc) is 3.15. The number of ether oxygens (including phenoxy) is 3. The molecular formula is C20H20N2O5. The van der Waals surface area contributed by atoms with Gasteiger partial charge in [0.15, 0.2) is 11.5 Å². The molecule has 2 aromatic carbocycles. The molecule has 0 saturated carbocycles. The number of benzene rings is 2. The third-order valence-electron chi connectivity index (χ3n) is 3.89. The summed E-state index contributed by atoms with van der Waals surface area (Å²) in [6.45, 7) is 2.40. The molecule has 1 aliphatic heterocycles. The van der Waals surface area contributed by atoms with E-state index in [1.54, 1.807) is 55.5 Å². The Morgan fingerprint density at radius 1 is 1.15 bits per heavy atom. The second kappa shape index (κ2) is 8.27. The smallest absolute Gasteiger partial charge is 0.267 e. The molecule has 3 rings (SSSR count). The van der Waals surface area contributed by atoms with Gasteiger partial charge in [0.25, 0.3) is 11.8 Å². The van der Waals surface area contributed by atoms with Gasteiger partial charge in [0.1, 0.15) is 11.4 Å². The predicted molar refractivity (Wildman–Crippen MR) is 99.7 cm³/mol. The van der Waals surface area contributed by atoms with E-state index in [1.165, 1.54) is 7.11 Å². The molecule has 0 bridgehead atoms. The molecule has 27 heavy (non-hydrogen) atoms. The average molecular weight is 368 g/mol. The van der Waals surface area contributed by atoms with Gasteiger partial charge in [-0.15, -0.1) is 0 Å². The summed E-state index contributed by atoms with van der Waals surface area (Å²) >= 11 is 0. The van der Waals surface area contributed by atoms with Gasteiger partial charge in [-0.3, -0.25) is 9.59 Å². The second-order valence-corrected chi connectivity index (χ2v) is 5.68. The Morgan fingerprint density at radius 3 is 2.70 bits per heavy atom. The van der Waals surface area contributed by atoms with Crippen LogP contribution in [0.2, 0.25) is 0 Å². The molecular weight excluding hydrogens is 348 g/mol. The third-order valence-corrected chi connectivity index (χ3v) is 3.89. The van der Waals surface area contributed by atoms with E-state index in [0.717, 1.165) is 0 Å². The first kappa shape index (κ1) is 18.3. The van der Waals surface area contributed by atoms with Crippen LogP contribution in [0.15, 0.2) is 48.2 Å². The zero-order valence-corrected chi connectivity index (χ0v) is 15.1. The third kappa shape index (κ3) is 4.20. The van der Waals surface area contributed by atoms with Crippen LogP contribution in [0.25, 0.3) is 6.08 Å². The van der Waals surface area contributed by atoms with Gasteiger partial charge in [0.05, 0.1) is 12.7 Å². The number of rotatable bonds is 6. The van der Waals surface area contributed by atoms with Gasteiger partial charge in [0.2, 0.25) is 6.79 Å². The van der Waals surface area contributed by atoms with E-state index < -0.39 is 11.8 Å². The van der Waals surface area contributed by atoms with E-state index in [2.05, 4.69) is 10.6 Å². The Bertz CT molecular complexity index is 892. The van der Waals surface area contributed by atoms with Crippen molar-refractivity contribution in [2.75, 3.05) is 20.4 Å². The molecule has 7 heteroatoms. The minimum Gasteiger partial charge on any atom is -0.496 e. The predicted octanol–water partition coefficient (Wildman–Crippen LogP) is 2.33. The molecule has 2 aromatic rings. The van der Waals surface area contributed by atoms with E-state index in [4.69, 9.17) is 14.2 Å². The van der Waals surface area contributed by atoms with Crippen LogP contribution in [0.4, 0.5) is 0 Å². The Balaban J connectivity index is 1.89. The summed E-state index contributed by atoms with van der Waals surface area (Å²) in [5, 5.41) is 5.36. The number of para-hydroxylation sites is 1. The molecule has 2 N–H and O–H groups in total. The molecule has 1 aliphatic rings. The van der Waals surface area contributed by atoms with E-state index in [1.807, 2.05) is 0 Å². The highest BCUT2D eigenvalue weighted by atomic mass is 16.7. The van der Waals surface area contributed by atoms with Crippen LogP contribution in [0.3, 0.4) is 0 Å². The Morgan fingerprint density at radius 2 is 1.93 bits per heavy atom. The van der Waals surface area contributed by atoms with Crippen molar-refractivity contribution >= 4 is 17.9 Å². The first-order valence-corrected chi connectivity index (χ1v) is 8.46. The monoisotopic (exact) mass is 368 g/mol. The van der Waals surface area contributed by atoms with Gasteiger partial charge >= 0.3 is 0 Å².